The van der Waals surface area contributed by atoms with Crippen LogP contribution in [0.1, 0.15) is 38.5 Å². The molecule has 28 heavy (non-hydrogen) atoms. The van der Waals surface area contributed by atoms with Crippen LogP contribution in [0.5, 0.6) is 0 Å². The molecule has 0 saturated carbocycles. The Morgan fingerprint density at radius 2 is 2.00 bits per heavy atom. The topological polar surface area (TPSA) is 94.4 Å². The molecular formula is C20H20N4O3S. The molecule has 1 aliphatic rings. The number of nitrogens with two attached hydrogens (primary N) is 1. The number of benzene rings is 1. The molecule has 0 aliphatic carbocycles. The van der Waals surface area contributed by atoms with Crippen molar-refractivity contribution in [2.24, 2.45) is 5.73 Å². The van der Waals surface area contributed by atoms with Crippen molar-refractivity contribution in [3.8, 4) is 5.69 Å². The first-order chi connectivity index (χ1) is 13.5. The fraction of sp³-hybridized carbons (Fsp3) is 0.250. The van der Waals surface area contributed by atoms with Gasteiger partial charge in [0.1, 0.15) is 17.2 Å². The van der Waals surface area contributed by atoms with Crippen LogP contribution < -0.4 is 5.73 Å². The largest absolute Gasteiger partial charge is 0.464 e. The van der Waals surface area contributed by atoms with Gasteiger partial charge in [-0.1, -0.05) is 18.2 Å². The zero-order valence-corrected chi connectivity index (χ0v) is 16.2. The van der Waals surface area contributed by atoms with Crippen LogP contribution in [0.15, 0.2) is 52.9 Å². The van der Waals surface area contributed by atoms with Crippen molar-refractivity contribution in [3.63, 3.8) is 0 Å². The predicted octanol–water partition coefficient (Wildman–Crippen LogP) is 2.80. The van der Waals surface area contributed by atoms with Crippen molar-refractivity contribution in [2.45, 2.75) is 13.0 Å². The van der Waals surface area contributed by atoms with Crippen molar-refractivity contribution in [1.29, 1.82) is 0 Å². The Balaban J connectivity index is 1.70. The lowest BCUT2D eigenvalue weighted by Gasteiger charge is -2.33. The van der Waals surface area contributed by atoms with Crippen molar-refractivity contribution in [2.75, 3.05) is 18.1 Å². The summed E-state index contributed by atoms with van der Waals surface area (Å²) in [6.07, 6.45) is 0. The van der Waals surface area contributed by atoms with Gasteiger partial charge in [-0.3, -0.25) is 9.59 Å². The molecule has 1 saturated heterocycles. The first-order valence-corrected chi connectivity index (χ1v) is 10.1. The van der Waals surface area contributed by atoms with E-state index in [1.165, 1.54) is 10.7 Å². The van der Waals surface area contributed by atoms with E-state index in [-0.39, 0.29) is 23.3 Å². The lowest BCUT2D eigenvalue weighted by atomic mass is 10.2. The number of primary amides is 1. The molecule has 7 nitrogen and oxygen atoms in total. The molecule has 1 unspecified atom stereocenters. The average molecular weight is 396 g/mol. The molecule has 0 bridgehead atoms. The molecule has 4 rings (SSSR count). The van der Waals surface area contributed by atoms with E-state index in [9.17, 15) is 9.59 Å². The van der Waals surface area contributed by atoms with Gasteiger partial charge in [-0.2, -0.15) is 16.9 Å². The highest BCUT2D eigenvalue weighted by Crippen LogP contribution is 2.32. The van der Waals surface area contributed by atoms with Gasteiger partial charge >= 0.3 is 0 Å². The van der Waals surface area contributed by atoms with Crippen molar-refractivity contribution < 1.29 is 14.0 Å². The summed E-state index contributed by atoms with van der Waals surface area (Å²) < 4.78 is 7.19. The summed E-state index contributed by atoms with van der Waals surface area (Å²) in [6, 6.07) is 14.2. The summed E-state index contributed by atoms with van der Waals surface area (Å²) in [6.45, 7) is 2.46. The molecule has 2 N–H and O–H groups in total. The summed E-state index contributed by atoms with van der Waals surface area (Å²) in [5, 5.41) is 4.40. The molecule has 1 aromatic carbocycles. The van der Waals surface area contributed by atoms with Gasteiger partial charge in [-0.25, -0.2) is 4.68 Å². The lowest BCUT2D eigenvalue weighted by Crippen LogP contribution is -2.40. The maximum Gasteiger partial charge on any atom is 0.275 e. The van der Waals surface area contributed by atoms with Crippen LogP contribution in [-0.2, 0) is 0 Å². The fourth-order valence-electron chi connectivity index (χ4n) is 3.29. The van der Waals surface area contributed by atoms with Crippen molar-refractivity contribution in [1.82, 2.24) is 14.7 Å². The van der Waals surface area contributed by atoms with Gasteiger partial charge in [0.05, 0.1) is 11.7 Å². The average Bonchev–Trinajstić information content (AvgIpc) is 3.35. The standard InChI is InChI=1S/C20H20N4O3S/c1-13-7-8-18(27-13)17-12-28-10-9-23(17)20(26)15-11-16(19(21)25)24(22-15)14-5-3-2-4-6-14/h2-8,11,17H,9-10,12H2,1H3,(H2,21,25). The van der Waals surface area contributed by atoms with Crippen LogP contribution in [0.2, 0.25) is 0 Å². The molecule has 3 heterocycles. The van der Waals surface area contributed by atoms with Crippen LogP contribution in [0.25, 0.3) is 5.69 Å². The van der Waals surface area contributed by atoms with Gasteiger partial charge in [0.15, 0.2) is 5.69 Å². The molecular weight excluding hydrogens is 376 g/mol. The van der Waals surface area contributed by atoms with E-state index >= 15 is 0 Å². The van der Waals surface area contributed by atoms with Gasteiger partial charge in [0.2, 0.25) is 0 Å². The highest BCUT2D eigenvalue weighted by molar-refractivity contribution is 7.99. The Morgan fingerprint density at radius 1 is 1.21 bits per heavy atom. The number of amides is 2. The number of rotatable bonds is 4. The second-order valence-electron chi connectivity index (χ2n) is 6.56. The number of aromatic nitrogens is 2. The van der Waals surface area contributed by atoms with Crippen molar-refractivity contribution >= 4 is 23.6 Å². The van der Waals surface area contributed by atoms with E-state index in [0.717, 1.165) is 23.0 Å². The third-order valence-corrected chi connectivity index (χ3v) is 5.68. The van der Waals surface area contributed by atoms with E-state index in [0.29, 0.717) is 12.2 Å². The lowest BCUT2D eigenvalue weighted by molar-refractivity contribution is 0.0674. The minimum atomic E-state index is -0.636. The Hall–Kier alpha value is -3.00. The van der Waals surface area contributed by atoms with Crippen LogP contribution in [0, 0.1) is 6.92 Å². The first-order valence-electron chi connectivity index (χ1n) is 8.95. The summed E-state index contributed by atoms with van der Waals surface area (Å²) in [7, 11) is 0. The summed E-state index contributed by atoms with van der Waals surface area (Å²) >= 11 is 1.78. The second kappa shape index (κ2) is 7.55. The van der Waals surface area contributed by atoms with Crippen LogP contribution in [-0.4, -0.2) is 44.5 Å². The van der Waals surface area contributed by atoms with Gasteiger partial charge in [0.25, 0.3) is 11.8 Å². The quantitative estimate of drug-likeness (QED) is 0.732. The maximum atomic E-state index is 13.3. The zero-order valence-electron chi connectivity index (χ0n) is 15.4. The van der Waals surface area contributed by atoms with E-state index in [2.05, 4.69) is 5.10 Å². The van der Waals surface area contributed by atoms with Gasteiger partial charge in [-0.15, -0.1) is 0 Å². The van der Waals surface area contributed by atoms with Crippen molar-refractivity contribution in [3.05, 3.63) is 71.4 Å². The molecule has 2 amide bonds. The minimum absolute atomic E-state index is 0.168. The number of aryl methyl sites for hydroxylation is 1. The molecule has 8 heteroatoms. The molecule has 1 aliphatic heterocycles. The molecule has 1 fully saturated rings. The zero-order chi connectivity index (χ0) is 19.7. The third-order valence-electron chi connectivity index (χ3n) is 4.66. The molecule has 2 aromatic heterocycles. The van der Waals surface area contributed by atoms with Crippen LogP contribution >= 0.6 is 11.8 Å². The molecule has 144 valence electrons. The SMILES string of the molecule is Cc1ccc(C2CSCCN2C(=O)c2cc(C(N)=O)n(-c3ccccc3)n2)o1. The summed E-state index contributed by atoms with van der Waals surface area (Å²) in [5.74, 6) is 2.28. The Labute approximate surface area is 166 Å². The number of thioether (sulfide) groups is 1. The molecule has 0 spiro atoms. The number of hydrogen-bond donors (Lipinski definition) is 1. The van der Waals surface area contributed by atoms with E-state index in [1.54, 1.807) is 28.8 Å². The van der Waals surface area contributed by atoms with Gasteiger partial charge in [0, 0.05) is 24.1 Å². The third kappa shape index (κ3) is 3.43. The fourth-order valence-corrected chi connectivity index (χ4v) is 4.35. The Kier molecular flexibility index (Phi) is 4.95. The van der Waals surface area contributed by atoms with E-state index in [1.807, 2.05) is 37.3 Å². The number of para-hydroxylation sites is 1. The number of carbonyl (C=O) groups excluding carboxylic acids is 2. The predicted molar refractivity (Wildman–Crippen MR) is 107 cm³/mol. The molecule has 1 atom stereocenters. The Bertz CT molecular complexity index is 1010. The number of carbonyl (C=O) groups is 2. The van der Waals surface area contributed by atoms with E-state index in [4.69, 9.17) is 10.2 Å². The molecule has 0 radical (unpaired) electrons. The normalized spacial score (nSPS) is 16.9. The van der Waals surface area contributed by atoms with Gasteiger partial charge < -0.3 is 15.1 Å². The monoisotopic (exact) mass is 396 g/mol. The van der Waals surface area contributed by atoms with Crippen LogP contribution in [0.3, 0.4) is 0 Å². The highest BCUT2D eigenvalue weighted by atomic mass is 32.2. The minimum Gasteiger partial charge on any atom is -0.464 e. The number of furan rings is 1. The number of nitrogens with zero attached hydrogens (tertiary/aromatic N) is 3. The summed E-state index contributed by atoms with van der Waals surface area (Å²) in [5.41, 5.74) is 6.56. The van der Waals surface area contributed by atoms with E-state index < -0.39 is 5.91 Å². The van der Waals surface area contributed by atoms with Crippen LogP contribution in [0.4, 0.5) is 0 Å². The highest BCUT2D eigenvalue weighted by Gasteiger charge is 2.33. The van der Waals surface area contributed by atoms with Gasteiger partial charge in [-0.05, 0) is 31.2 Å². The maximum absolute atomic E-state index is 13.3. The first kappa shape index (κ1) is 18.4. The Morgan fingerprint density at radius 3 is 2.68 bits per heavy atom. The second-order valence-corrected chi connectivity index (χ2v) is 7.71. The smallest absolute Gasteiger partial charge is 0.275 e. The summed E-state index contributed by atoms with van der Waals surface area (Å²) in [4.78, 5) is 26.9. The number of hydrogen-bond acceptors (Lipinski definition) is 5. The molecule has 3 aromatic rings.